The third-order valence-corrected chi connectivity index (χ3v) is 1.81. The summed E-state index contributed by atoms with van der Waals surface area (Å²) in [6, 6.07) is 0. The quantitative estimate of drug-likeness (QED) is 0.721. The maximum absolute atomic E-state index is 5.37. The maximum atomic E-state index is 5.37. The van der Waals surface area contributed by atoms with E-state index in [0.717, 1.165) is 12.5 Å². The van der Waals surface area contributed by atoms with Crippen LogP contribution >= 0.6 is 0 Å². The van der Waals surface area contributed by atoms with Gasteiger partial charge in [-0.2, -0.15) is 0 Å². The van der Waals surface area contributed by atoms with E-state index in [0.29, 0.717) is 11.7 Å². The van der Waals surface area contributed by atoms with Gasteiger partial charge in [-0.05, 0) is 18.8 Å². The first-order valence-corrected chi connectivity index (χ1v) is 4.05. The number of aromatic nitrogens is 2. The molecule has 0 aliphatic heterocycles. The number of nitrogens with zero attached hydrogens (tertiary/aromatic N) is 2. The van der Waals surface area contributed by atoms with Gasteiger partial charge in [-0.25, -0.2) is 9.97 Å². The molecule has 1 saturated carbocycles. The number of hydrogen-bond donors (Lipinski definition) is 1. The molecule has 0 bridgehead atoms. The van der Waals surface area contributed by atoms with Crippen LogP contribution in [0.5, 0.6) is 5.88 Å². The summed E-state index contributed by atoms with van der Waals surface area (Å²) in [6.07, 6.45) is 5.62. The fourth-order valence-corrected chi connectivity index (χ4v) is 0.888. The third-order valence-electron chi connectivity index (χ3n) is 1.81. The second-order valence-electron chi connectivity index (χ2n) is 3.03. The van der Waals surface area contributed by atoms with E-state index < -0.39 is 0 Å². The number of rotatable bonds is 3. The van der Waals surface area contributed by atoms with Gasteiger partial charge in [0.2, 0.25) is 5.88 Å². The van der Waals surface area contributed by atoms with Gasteiger partial charge in [-0.3, -0.25) is 0 Å². The predicted molar refractivity (Wildman–Crippen MR) is 44.7 cm³/mol. The lowest BCUT2D eigenvalue weighted by molar-refractivity contribution is 0.287. The van der Waals surface area contributed by atoms with Crippen molar-refractivity contribution in [1.82, 2.24) is 9.97 Å². The largest absolute Gasteiger partial charge is 0.476 e. The van der Waals surface area contributed by atoms with Crippen LogP contribution in [0.4, 0.5) is 5.82 Å². The Labute approximate surface area is 70.8 Å². The van der Waals surface area contributed by atoms with Gasteiger partial charge in [-0.1, -0.05) is 0 Å². The molecule has 1 aliphatic carbocycles. The highest BCUT2D eigenvalue weighted by Gasteiger charge is 2.21. The average Bonchev–Trinajstić information content (AvgIpc) is 2.87. The van der Waals surface area contributed by atoms with Crippen LogP contribution < -0.4 is 10.5 Å². The highest BCUT2D eigenvalue weighted by Crippen LogP contribution is 2.28. The van der Waals surface area contributed by atoms with Crippen LogP contribution in [0.1, 0.15) is 12.8 Å². The Hall–Kier alpha value is -1.32. The van der Waals surface area contributed by atoms with Crippen LogP contribution in [0.2, 0.25) is 0 Å². The summed E-state index contributed by atoms with van der Waals surface area (Å²) in [4.78, 5) is 7.84. The van der Waals surface area contributed by atoms with Gasteiger partial charge in [0.05, 0.1) is 19.0 Å². The Morgan fingerprint density at radius 2 is 2.25 bits per heavy atom. The van der Waals surface area contributed by atoms with Crippen molar-refractivity contribution < 1.29 is 4.74 Å². The number of nitrogen functional groups attached to an aromatic ring is 1. The smallest absolute Gasteiger partial charge is 0.232 e. The third kappa shape index (κ3) is 1.84. The van der Waals surface area contributed by atoms with Crippen LogP contribution in [-0.4, -0.2) is 16.6 Å². The van der Waals surface area contributed by atoms with Crippen molar-refractivity contribution >= 4 is 5.82 Å². The molecule has 4 nitrogen and oxygen atoms in total. The van der Waals surface area contributed by atoms with E-state index in [9.17, 15) is 0 Å². The van der Waals surface area contributed by atoms with Crippen molar-refractivity contribution in [2.24, 2.45) is 5.92 Å². The molecule has 1 aromatic rings. The van der Waals surface area contributed by atoms with Gasteiger partial charge in [0.25, 0.3) is 0 Å². The van der Waals surface area contributed by atoms with Gasteiger partial charge in [0.15, 0.2) is 0 Å². The molecule has 1 heterocycles. The maximum Gasteiger partial charge on any atom is 0.232 e. The Morgan fingerprint density at radius 1 is 1.42 bits per heavy atom. The van der Waals surface area contributed by atoms with Gasteiger partial charge in [0, 0.05) is 0 Å². The van der Waals surface area contributed by atoms with Crippen LogP contribution in [0.25, 0.3) is 0 Å². The van der Waals surface area contributed by atoms with Crippen molar-refractivity contribution in [2.45, 2.75) is 12.8 Å². The van der Waals surface area contributed by atoms with E-state index in [1.165, 1.54) is 19.0 Å². The summed E-state index contributed by atoms with van der Waals surface area (Å²) in [5, 5.41) is 0. The van der Waals surface area contributed by atoms with Gasteiger partial charge >= 0.3 is 0 Å². The molecular weight excluding hydrogens is 154 g/mol. The van der Waals surface area contributed by atoms with Gasteiger partial charge in [0.1, 0.15) is 5.82 Å². The molecule has 0 unspecified atom stereocenters. The van der Waals surface area contributed by atoms with Crippen molar-refractivity contribution in [3.05, 3.63) is 12.4 Å². The minimum Gasteiger partial charge on any atom is -0.476 e. The predicted octanol–water partition coefficient (Wildman–Crippen LogP) is 0.848. The average molecular weight is 165 g/mol. The molecule has 0 atom stereocenters. The molecule has 64 valence electrons. The molecule has 4 heteroatoms. The molecular formula is C8H11N3O. The molecule has 12 heavy (non-hydrogen) atoms. The lowest BCUT2D eigenvalue weighted by Gasteiger charge is -2.02. The molecule has 1 aromatic heterocycles. The molecule has 0 radical (unpaired) electrons. The van der Waals surface area contributed by atoms with Crippen molar-refractivity contribution in [1.29, 1.82) is 0 Å². The zero-order chi connectivity index (χ0) is 8.39. The van der Waals surface area contributed by atoms with E-state index in [2.05, 4.69) is 9.97 Å². The number of hydrogen-bond acceptors (Lipinski definition) is 4. The SMILES string of the molecule is Nc1cnc(OCC2CC2)cn1. The van der Waals surface area contributed by atoms with Crippen LogP contribution in [0, 0.1) is 5.92 Å². The van der Waals surface area contributed by atoms with E-state index in [4.69, 9.17) is 10.5 Å². The summed E-state index contributed by atoms with van der Waals surface area (Å²) in [7, 11) is 0. The Kier molecular flexibility index (Phi) is 1.81. The number of anilines is 1. The minimum absolute atomic E-state index is 0.425. The zero-order valence-corrected chi connectivity index (χ0v) is 6.73. The molecule has 0 aromatic carbocycles. The van der Waals surface area contributed by atoms with Gasteiger partial charge in [-0.15, -0.1) is 0 Å². The van der Waals surface area contributed by atoms with E-state index in [1.807, 2.05) is 0 Å². The molecule has 2 rings (SSSR count). The fraction of sp³-hybridized carbons (Fsp3) is 0.500. The first-order chi connectivity index (χ1) is 5.84. The van der Waals surface area contributed by atoms with Crippen LogP contribution in [-0.2, 0) is 0 Å². The van der Waals surface area contributed by atoms with Crippen LogP contribution in [0.3, 0.4) is 0 Å². The lowest BCUT2D eigenvalue weighted by Crippen LogP contribution is -2.01. The standard InChI is InChI=1S/C8H11N3O/c9-7-3-11-8(4-10-7)12-5-6-1-2-6/h3-4,6H,1-2,5H2,(H2,9,10). The highest BCUT2D eigenvalue weighted by atomic mass is 16.5. The van der Waals surface area contributed by atoms with E-state index >= 15 is 0 Å². The van der Waals surface area contributed by atoms with Crippen molar-refractivity contribution in [2.75, 3.05) is 12.3 Å². The first kappa shape index (κ1) is 7.34. The van der Waals surface area contributed by atoms with E-state index in [1.54, 1.807) is 6.20 Å². The Morgan fingerprint density at radius 3 is 2.83 bits per heavy atom. The lowest BCUT2D eigenvalue weighted by atomic mass is 10.5. The molecule has 1 aliphatic rings. The summed E-state index contributed by atoms with van der Waals surface area (Å²) in [6.45, 7) is 0.762. The normalized spacial score (nSPS) is 16.0. The van der Waals surface area contributed by atoms with Gasteiger partial charge < -0.3 is 10.5 Å². The van der Waals surface area contributed by atoms with Crippen molar-refractivity contribution in [3.8, 4) is 5.88 Å². The summed E-state index contributed by atoms with van der Waals surface area (Å²) in [5.41, 5.74) is 5.37. The van der Waals surface area contributed by atoms with E-state index in [-0.39, 0.29) is 0 Å². The second-order valence-corrected chi connectivity index (χ2v) is 3.03. The van der Waals surface area contributed by atoms with Crippen LogP contribution in [0.15, 0.2) is 12.4 Å². The fourth-order valence-electron chi connectivity index (χ4n) is 0.888. The Bertz CT molecular complexity index is 256. The summed E-state index contributed by atoms with van der Waals surface area (Å²) >= 11 is 0. The second kappa shape index (κ2) is 2.97. The first-order valence-electron chi connectivity index (χ1n) is 4.05. The summed E-state index contributed by atoms with van der Waals surface area (Å²) < 4.78 is 5.36. The molecule has 0 saturated heterocycles. The molecule has 1 fully saturated rings. The minimum atomic E-state index is 0.425. The number of ether oxygens (including phenoxy) is 1. The molecule has 2 N–H and O–H groups in total. The summed E-state index contributed by atoms with van der Waals surface area (Å²) in [5.74, 6) is 1.73. The zero-order valence-electron chi connectivity index (χ0n) is 6.73. The van der Waals surface area contributed by atoms with Crippen molar-refractivity contribution in [3.63, 3.8) is 0 Å². The molecule has 0 spiro atoms. The Balaban J connectivity index is 1.89. The monoisotopic (exact) mass is 165 g/mol. The number of nitrogens with two attached hydrogens (primary N) is 1. The molecule has 0 amide bonds. The highest BCUT2D eigenvalue weighted by molar-refractivity contribution is 5.24. The topological polar surface area (TPSA) is 61.0 Å².